The van der Waals surface area contributed by atoms with E-state index < -0.39 is 0 Å². The van der Waals surface area contributed by atoms with E-state index >= 15 is 0 Å². The molecule has 0 aliphatic rings. The molecule has 0 aromatic carbocycles. The maximum Gasteiger partial charge on any atom is 1.00 e. The van der Waals surface area contributed by atoms with Crippen molar-refractivity contribution in [1.29, 1.82) is 0 Å². The first-order valence-electron chi connectivity index (χ1n) is 3.95. The van der Waals surface area contributed by atoms with Crippen LogP contribution in [0.4, 0.5) is 0 Å². The Morgan fingerprint density at radius 3 is 2.09 bits per heavy atom. The number of aliphatic hydroxyl groups is 1. The maximum absolute atomic E-state index is 8.85. The van der Waals surface area contributed by atoms with Crippen molar-refractivity contribution in [1.82, 2.24) is 0 Å². The van der Waals surface area contributed by atoms with Crippen LogP contribution in [0, 0.1) is 0 Å². The van der Waals surface area contributed by atoms with Gasteiger partial charge in [-0.25, -0.2) is 0 Å². The molecule has 0 aromatic heterocycles. The largest absolute Gasteiger partial charge is 1.00 e. The third kappa shape index (κ3) is 18.7. The van der Waals surface area contributed by atoms with Gasteiger partial charge >= 0.3 is 59.1 Å². The van der Waals surface area contributed by atoms with Gasteiger partial charge in [0.25, 0.3) is 0 Å². The number of hydrogen-bond donors (Lipinski definition) is 1. The van der Waals surface area contributed by atoms with Gasteiger partial charge in [-0.2, -0.15) is 0 Å². The SMILES string of the molecule is CCCCCCC(C)O.[H-].[H-].[Na+].[Na+]. The average molecular weight is 178 g/mol. The first kappa shape index (κ1) is 18.7. The van der Waals surface area contributed by atoms with Gasteiger partial charge in [0.15, 0.2) is 0 Å². The van der Waals surface area contributed by atoms with Gasteiger partial charge < -0.3 is 7.96 Å². The van der Waals surface area contributed by atoms with Crippen molar-refractivity contribution < 1.29 is 67.1 Å². The second-order valence-electron chi connectivity index (χ2n) is 2.70. The van der Waals surface area contributed by atoms with Crippen LogP contribution in [0.2, 0.25) is 0 Å². The van der Waals surface area contributed by atoms with Gasteiger partial charge in [0.1, 0.15) is 0 Å². The molecule has 0 amide bonds. The number of hydrogen-bond acceptors (Lipinski definition) is 1. The van der Waals surface area contributed by atoms with E-state index in [1.54, 1.807) is 0 Å². The van der Waals surface area contributed by atoms with Crippen LogP contribution in [0.5, 0.6) is 0 Å². The molecule has 1 N–H and O–H groups in total. The summed E-state index contributed by atoms with van der Waals surface area (Å²) in [5, 5.41) is 8.85. The minimum absolute atomic E-state index is 0. The van der Waals surface area contributed by atoms with Crippen molar-refractivity contribution in [2.45, 2.75) is 52.1 Å². The fraction of sp³-hybridized carbons (Fsp3) is 1.00. The zero-order chi connectivity index (χ0) is 7.11. The van der Waals surface area contributed by atoms with E-state index in [1.807, 2.05) is 6.92 Å². The fourth-order valence-electron chi connectivity index (χ4n) is 0.867. The van der Waals surface area contributed by atoms with Crippen molar-refractivity contribution in [2.75, 3.05) is 0 Å². The van der Waals surface area contributed by atoms with Crippen LogP contribution < -0.4 is 59.1 Å². The van der Waals surface area contributed by atoms with Crippen LogP contribution in [0.1, 0.15) is 48.8 Å². The van der Waals surface area contributed by atoms with E-state index in [4.69, 9.17) is 5.11 Å². The second kappa shape index (κ2) is 14.5. The smallest absolute Gasteiger partial charge is 1.00 e. The summed E-state index contributed by atoms with van der Waals surface area (Å²) in [5.41, 5.74) is 0. The minimum atomic E-state index is -0.0955. The first-order valence-corrected chi connectivity index (χ1v) is 3.95. The summed E-state index contributed by atoms with van der Waals surface area (Å²) in [7, 11) is 0. The molecule has 1 atom stereocenters. The Bertz CT molecular complexity index is 66.1. The molecule has 1 nitrogen and oxygen atoms in total. The van der Waals surface area contributed by atoms with E-state index in [-0.39, 0.29) is 68.1 Å². The van der Waals surface area contributed by atoms with Crippen molar-refractivity contribution >= 4 is 0 Å². The summed E-state index contributed by atoms with van der Waals surface area (Å²) in [6.07, 6.45) is 5.93. The predicted molar refractivity (Wildman–Crippen MR) is 42.7 cm³/mol. The second-order valence-corrected chi connectivity index (χ2v) is 2.70. The van der Waals surface area contributed by atoms with E-state index in [9.17, 15) is 0 Å². The summed E-state index contributed by atoms with van der Waals surface area (Å²) in [4.78, 5) is 0. The van der Waals surface area contributed by atoms with Gasteiger partial charge in [0.2, 0.25) is 0 Å². The molecule has 0 heterocycles. The third-order valence-corrected chi connectivity index (χ3v) is 1.48. The van der Waals surface area contributed by atoms with Gasteiger partial charge in [-0.15, -0.1) is 0 Å². The molecule has 0 saturated carbocycles. The van der Waals surface area contributed by atoms with E-state index in [2.05, 4.69) is 6.92 Å². The summed E-state index contributed by atoms with van der Waals surface area (Å²) in [6, 6.07) is 0. The predicted octanol–water partition coefficient (Wildman–Crippen LogP) is -3.43. The normalized spacial score (nSPS) is 11.2. The Morgan fingerprint density at radius 2 is 1.73 bits per heavy atom. The van der Waals surface area contributed by atoms with Crippen LogP contribution >= 0.6 is 0 Å². The Morgan fingerprint density at radius 1 is 1.18 bits per heavy atom. The zero-order valence-corrected chi connectivity index (χ0v) is 12.6. The molecule has 0 rings (SSSR count). The molecule has 0 radical (unpaired) electrons. The minimum Gasteiger partial charge on any atom is -1.00 e. The summed E-state index contributed by atoms with van der Waals surface area (Å²) < 4.78 is 0. The zero-order valence-electron chi connectivity index (χ0n) is 10.6. The molecule has 0 aliphatic heterocycles. The molecule has 0 aliphatic carbocycles. The van der Waals surface area contributed by atoms with Gasteiger partial charge in [-0.3, -0.25) is 0 Å². The Balaban J connectivity index is -0.0000000533. The molecule has 0 aromatic rings. The van der Waals surface area contributed by atoms with Crippen LogP contribution in [0.25, 0.3) is 0 Å². The van der Waals surface area contributed by atoms with Gasteiger partial charge in [-0.1, -0.05) is 32.6 Å². The average Bonchev–Trinajstić information content (AvgIpc) is 1.80. The topological polar surface area (TPSA) is 20.2 Å². The van der Waals surface area contributed by atoms with Crippen LogP contribution in [0.15, 0.2) is 0 Å². The molecule has 0 bridgehead atoms. The molecule has 0 fully saturated rings. The molecule has 3 heteroatoms. The third-order valence-electron chi connectivity index (χ3n) is 1.48. The molecule has 1 unspecified atom stereocenters. The van der Waals surface area contributed by atoms with Crippen LogP contribution in [-0.2, 0) is 0 Å². The van der Waals surface area contributed by atoms with Crippen molar-refractivity contribution in [3.05, 3.63) is 0 Å². The van der Waals surface area contributed by atoms with E-state index in [0.717, 1.165) is 6.42 Å². The summed E-state index contributed by atoms with van der Waals surface area (Å²) in [5.74, 6) is 0. The molecule has 0 saturated heterocycles. The molecule has 0 spiro atoms. The van der Waals surface area contributed by atoms with Crippen molar-refractivity contribution in [2.24, 2.45) is 0 Å². The molecular weight excluding hydrogens is 158 g/mol. The summed E-state index contributed by atoms with van der Waals surface area (Å²) >= 11 is 0. The Labute approximate surface area is 118 Å². The van der Waals surface area contributed by atoms with Gasteiger partial charge in [0.05, 0.1) is 6.10 Å². The maximum atomic E-state index is 8.85. The number of unbranched alkanes of at least 4 members (excludes halogenated alkanes) is 3. The molecular formula is C8H20Na2O. The Kier molecular flexibility index (Phi) is 24.6. The van der Waals surface area contributed by atoms with Crippen LogP contribution in [-0.4, -0.2) is 11.2 Å². The van der Waals surface area contributed by atoms with Crippen molar-refractivity contribution in [3.63, 3.8) is 0 Å². The van der Waals surface area contributed by atoms with Crippen molar-refractivity contribution in [3.8, 4) is 0 Å². The first-order chi connectivity index (χ1) is 4.27. The van der Waals surface area contributed by atoms with E-state index in [1.165, 1.54) is 25.7 Å². The fourth-order valence-corrected chi connectivity index (χ4v) is 0.867. The monoisotopic (exact) mass is 178 g/mol. The number of rotatable bonds is 5. The Hall–Kier alpha value is 1.96. The summed E-state index contributed by atoms with van der Waals surface area (Å²) in [6.45, 7) is 4.05. The standard InChI is InChI=1S/C8H18O.2Na.2H/c1-3-4-5-6-7-8(2)9;;;;/h8-9H,3-7H2,1-2H3;;;;/q;2*+1;2*-1. The number of aliphatic hydroxyl groups excluding tert-OH is 1. The van der Waals surface area contributed by atoms with Gasteiger partial charge in [0, 0.05) is 0 Å². The van der Waals surface area contributed by atoms with E-state index in [0.29, 0.717) is 0 Å². The van der Waals surface area contributed by atoms with Gasteiger partial charge in [-0.05, 0) is 13.3 Å². The molecule has 60 valence electrons. The van der Waals surface area contributed by atoms with Crippen LogP contribution in [0.3, 0.4) is 0 Å². The molecule has 11 heavy (non-hydrogen) atoms. The quantitative estimate of drug-likeness (QED) is 0.343.